The number of carbonyl (C=O) groups is 1. The van der Waals surface area contributed by atoms with Crippen molar-refractivity contribution < 1.29 is 9.53 Å². The van der Waals surface area contributed by atoms with E-state index in [0.717, 1.165) is 43.1 Å². The van der Waals surface area contributed by atoms with E-state index >= 15 is 0 Å². The number of anilines is 3. The molecule has 2 amide bonds. The van der Waals surface area contributed by atoms with Crippen LogP contribution in [0.25, 0.3) is 0 Å². The van der Waals surface area contributed by atoms with Crippen LogP contribution in [-0.4, -0.2) is 49.3 Å². The minimum absolute atomic E-state index is 0.241. The number of hydrogen-bond acceptors (Lipinski definition) is 4. The van der Waals surface area contributed by atoms with Gasteiger partial charge in [-0.3, -0.25) is 0 Å². The van der Waals surface area contributed by atoms with Gasteiger partial charge in [0.15, 0.2) is 0 Å². The SMILES string of the molecule is CCCN(CCC)C1CCN(c2ccc(NC(=O)Nc3ccc(OC4CCCC4)cc3)cc2)CC1. The third kappa shape index (κ3) is 7.38. The number of amides is 2. The lowest BCUT2D eigenvalue weighted by Gasteiger charge is -2.39. The maximum Gasteiger partial charge on any atom is 0.323 e. The van der Waals surface area contributed by atoms with Crippen molar-refractivity contribution in [3.63, 3.8) is 0 Å². The van der Waals surface area contributed by atoms with Gasteiger partial charge in [-0.15, -0.1) is 0 Å². The quantitative estimate of drug-likeness (QED) is 0.397. The molecule has 6 heteroatoms. The Morgan fingerprint density at radius 1 is 0.857 bits per heavy atom. The van der Waals surface area contributed by atoms with E-state index in [4.69, 9.17) is 4.74 Å². The Hall–Kier alpha value is -2.73. The van der Waals surface area contributed by atoms with Gasteiger partial charge in [0, 0.05) is 36.2 Å². The van der Waals surface area contributed by atoms with Crippen molar-refractivity contribution in [2.75, 3.05) is 41.7 Å². The van der Waals surface area contributed by atoms with Gasteiger partial charge in [-0.2, -0.15) is 0 Å². The molecule has 2 aliphatic rings. The highest BCUT2D eigenvalue weighted by molar-refractivity contribution is 5.99. The molecule has 2 N–H and O–H groups in total. The zero-order chi connectivity index (χ0) is 24.5. The van der Waals surface area contributed by atoms with Gasteiger partial charge in [-0.25, -0.2) is 4.79 Å². The van der Waals surface area contributed by atoms with Crippen molar-refractivity contribution in [3.05, 3.63) is 48.5 Å². The molecule has 0 aromatic heterocycles. The summed E-state index contributed by atoms with van der Waals surface area (Å²) in [6.07, 6.45) is 9.99. The van der Waals surface area contributed by atoms with E-state index in [-0.39, 0.29) is 6.03 Å². The van der Waals surface area contributed by atoms with Crippen LogP contribution >= 0.6 is 0 Å². The van der Waals surface area contributed by atoms with Crippen molar-refractivity contribution in [3.8, 4) is 5.75 Å². The molecule has 4 rings (SSSR count). The summed E-state index contributed by atoms with van der Waals surface area (Å²) in [6, 6.07) is 16.3. The number of urea groups is 1. The summed E-state index contributed by atoms with van der Waals surface area (Å²) in [5.74, 6) is 0.867. The van der Waals surface area contributed by atoms with Gasteiger partial charge in [-0.1, -0.05) is 13.8 Å². The van der Waals surface area contributed by atoms with Gasteiger partial charge in [0.2, 0.25) is 0 Å². The lowest BCUT2D eigenvalue weighted by Crippen LogP contribution is -2.45. The molecule has 190 valence electrons. The fourth-order valence-electron chi connectivity index (χ4n) is 5.41. The van der Waals surface area contributed by atoms with Gasteiger partial charge >= 0.3 is 6.03 Å². The van der Waals surface area contributed by atoms with Gasteiger partial charge in [-0.05, 0) is 113 Å². The molecule has 35 heavy (non-hydrogen) atoms. The van der Waals surface area contributed by atoms with Crippen LogP contribution in [0.5, 0.6) is 5.75 Å². The highest BCUT2D eigenvalue weighted by atomic mass is 16.5. The summed E-state index contributed by atoms with van der Waals surface area (Å²) >= 11 is 0. The van der Waals surface area contributed by atoms with E-state index in [1.54, 1.807) is 0 Å². The molecule has 2 aromatic rings. The van der Waals surface area contributed by atoms with Crippen molar-refractivity contribution >= 4 is 23.1 Å². The summed E-state index contributed by atoms with van der Waals surface area (Å²) in [5.41, 5.74) is 2.77. The van der Waals surface area contributed by atoms with Crippen LogP contribution in [0, 0.1) is 0 Å². The number of nitrogens with one attached hydrogen (secondary N) is 2. The normalized spacial score (nSPS) is 17.1. The molecule has 1 saturated carbocycles. The molecule has 0 radical (unpaired) electrons. The average Bonchev–Trinajstić information content (AvgIpc) is 3.39. The summed E-state index contributed by atoms with van der Waals surface area (Å²) in [5, 5.41) is 5.84. The van der Waals surface area contributed by atoms with Gasteiger partial charge in [0.25, 0.3) is 0 Å². The second-order valence-electron chi connectivity index (χ2n) is 9.93. The zero-order valence-corrected chi connectivity index (χ0v) is 21.5. The average molecular weight is 479 g/mol. The largest absolute Gasteiger partial charge is 0.490 e. The molecule has 1 aliphatic carbocycles. The van der Waals surface area contributed by atoms with E-state index in [1.165, 1.54) is 57.3 Å². The Morgan fingerprint density at radius 2 is 1.40 bits per heavy atom. The minimum atomic E-state index is -0.241. The van der Waals surface area contributed by atoms with Crippen molar-refractivity contribution in [2.24, 2.45) is 0 Å². The predicted molar refractivity (Wildman–Crippen MR) is 146 cm³/mol. The molecule has 0 bridgehead atoms. The van der Waals surface area contributed by atoms with Crippen LogP contribution < -0.4 is 20.3 Å². The Morgan fingerprint density at radius 3 is 1.94 bits per heavy atom. The van der Waals surface area contributed by atoms with Crippen molar-refractivity contribution in [1.29, 1.82) is 0 Å². The molecule has 0 atom stereocenters. The maximum absolute atomic E-state index is 12.5. The topological polar surface area (TPSA) is 56.8 Å². The first-order valence-corrected chi connectivity index (χ1v) is 13.6. The molecule has 0 unspecified atom stereocenters. The van der Waals surface area contributed by atoms with Crippen LogP contribution in [0.4, 0.5) is 21.9 Å². The van der Waals surface area contributed by atoms with Gasteiger partial charge in [0.05, 0.1) is 6.10 Å². The standard InChI is InChI=1S/C29H42N4O2/c1-3-19-32(20-4-2)26-17-21-33(22-18-26)25-13-9-23(10-14-25)30-29(34)31-24-11-15-28(16-12-24)35-27-7-5-6-8-27/h9-16,26-27H,3-8,17-22H2,1-2H3,(H2,30,31,34). The first-order valence-electron chi connectivity index (χ1n) is 13.6. The third-order valence-electron chi connectivity index (χ3n) is 7.21. The molecule has 1 aliphatic heterocycles. The second-order valence-corrected chi connectivity index (χ2v) is 9.93. The molecule has 0 spiro atoms. The highest BCUT2D eigenvalue weighted by Gasteiger charge is 2.24. The van der Waals surface area contributed by atoms with Crippen molar-refractivity contribution in [1.82, 2.24) is 4.90 Å². The first kappa shape index (κ1) is 25.4. The summed E-state index contributed by atoms with van der Waals surface area (Å²) < 4.78 is 6.00. The highest BCUT2D eigenvalue weighted by Crippen LogP contribution is 2.26. The fourth-order valence-corrected chi connectivity index (χ4v) is 5.41. The van der Waals surface area contributed by atoms with Crippen LogP contribution in [0.15, 0.2) is 48.5 Å². The monoisotopic (exact) mass is 478 g/mol. The number of hydrogen-bond donors (Lipinski definition) is 2. The summed E-state index contributed by atoms with van der Waals surface area (Å²) in [7, 11) is 0. The third-order valence-corrected chi connectivity index (χ3v) is 7.21. The number of rotatable bonds is 10. The molecule has 2 fully saturated rings. The van der Waals surface area contributed by atoms with E-state index < -0.39 is 0 Å². The number of nitrogens with zero attached hydrogens (tertiary/aromatic N) is 2. The van der Waals surface area contributed by atoms with Gasteiger partial charge < -0.3 is 25.2 Å². The first-order chi connectivity index (χ1) is 17.1. The number of piperidine rings is 1. The maximum atomic E-state index is 12.5. The van der Waals surface area contributed by atoms with Crippen molar-refractivity contribution in [2.45, 2.75) is 77.4 Å². The lowest BCUT2D eigenvalue weighted by atomic mass is 10.0. The summed E-state index contributed by atoms with van der Waals surface area (Å²) in [6.45, 7) is 9.13. The van der Waals surface area contributed by atoms with Crippen LogP contribution in [0.3, 0.4) is 0 Å². The molecule has 1 heterocycles. The fraction of sp³-hybridized carbons (Fsp3) is 0.552. The second kappa shape index (κ2) is 12.8. The Kier molecular flexibility index (Phi) is 9.29. The number of ether oxygens (including phenoxy) is 1. The number of benzene rings is 2. The Bertz CT molecular complexity index is 895. The van der Waals surface area contributed by atoms with Crippen LogP contribution in [-0.2, 0) is 0 Å². The molecular formula is C29H42N4O2. The Labute approximate surface area is 211 Å². The molecular weight excluding hydrogens is 436 g/mol. The van der Waals surface area contributed by atoms with Crippen LogP contribution in [0.1, 0.15) is 65.2 Å². The predicted octanol–water partition coefficient (Wildman–Crippen LogP) is 6.74. The smallest absolute Gasteiger partial charge is 0.323 e. The molecule has 2 aromatic carbocycles. The summed E-state index contributed by atoms with van der Waals surface area (Å²) in [4.78, 5) is 17.6. The van der Waals surface area contributed by atoms with E-state index in [2.05, 4.69) is 46.4 Å². The van der Waals surface area contributed by atoms with E-state index in [0.29, 0.717) is 12.1 Å². The van der Waals surface area contributed by atoms with E-state index in [1.807, 2.05) is 36.4 Å². The zero-order valence-electron chi connectivity index (χ0n) is 21.5. The molecule has 1 saturated heterocycles. The molecule has 6 nitrogen and oxygen atoms in total. The van der Waals surface area contributed by atoms with E-state index in [9.17, 15) is 4.79 Å². The lowest BCUT2D eigenvalue weighted by molar-refractivity contribution is 0.169. The number of carbonyl (C=O) groups excluding carboxylic acids is 1. The van der Waals surface area contributed by atoms with Gasteiger partial charge in [0.1, 0.15) is 5.75 Å². The minimum Gasteiger partial charge on any atom is -0.490 e. The Balaban J connectivity index is 1.23. The van der Waals surface area contributed by atoms with Crippen LogP contribution in [0.2, 0.25) is 0 Å².